The molecule has 2 aliphatic rings. The molecule has 0 radical (unpaired) electrons. The molecular weight excluding hydrogens is 262 g/mol. The molecule has 0 bridgehead atoms. The van der Waals surface area contributed by atoms with E-state index in [1.165, 1.54) is 12.8 Å². The van der Waals surface area contributed by atoms with Crippen LogP contribution in [0.4, 0.5) is 0 Å². The molecule has 0 aliphatic heterocycles. The summed E-state index contributed by atoms with van der Waals surface area (Å²) in [4.78, 5) is 14.7. The number of carbonyl (C=O) groups is 1. The van der Waals surface area contributed by atoms with Crippen LogP contribution in [0.5, 0.6) is 0 Å². The highest BCUT2D eigenvalue weighted by molar-refractivity contribution is 5.86. The fourth-order valence-corrected chi connectivity index (χ4v) is 2.98. The van der Waals surface area contributed by atoms with Crippen LogP contribution in [0.2, 0.25) is 0 Å². The maximum absolute atomic E-state index is 12.3. The largest absolute Gasteiger partial charge is 0.368 e. The summed E-state index contributed by atoms with van der Waals surface area (Å²) in [5.74, 6) is -0.259. The number of nitrogens with zero attached hydrogens (tertiary/aromatic N) is 1. The summed E-state index contributed by atoms with van der Waals surface area (Å²) in [6.07, 6.45) is 5.57. The first-order chi connectivity index (χ1) is 10.1. The van der Waals surface area contributed by atoms with E-state index in [0.717, 1.165) is 31.4 Å². The standard InChI is InChI=1S/C17H25N3O/c1-20(15-9-10-15)12-11-17(16(18)21,19-14-7-8-14)13-5-3-2-4-6-13/h2-6,14-15,19H,7-12H2,1H3,(H2,18,21). The van der Waals surface area contributed by atoms with Gasteiger partial charge in [0.25, 0.3) is 0 Å². The van der Waals surface area contributed by atoms with Gasteiger partial charge in [-0.25, -0.2) is 0 Å². The van der Waals surface area contributed by atoms with Crippen molar-refractivity contribution in [3.05, 3.63) is 35.9 Å². The molecule has 0 aromatic heterocycles. The minimum atomic E-state index is -0.731. The lowest BCUT2D eigenvalue weighted by molar-refractivity contribution is -0.125. The monoisotopic (exact) mass is 287 g/mol. The highest BCUT2D eigenvalue weighted by Crippen LogP contribution is 2.33. The van der Waals surface area contributed by atoms with Crippen molar-refractivity contribution < 1.29 is 4.79 Å². The Morgan fingerprint density at radius 2 is 1.95 bits per heavy atom. The molecule has 1 aromatic rings. The van der Waals surface area contributed by atoms with Crippen molar-refractivity contribution in [2.45, 2.75) is 49.7 Å². The molecule has 4 nitrogen and oxygen atoms in total. The van der Waals surface area contributed by atoms with Crippen LogP contribution < -0.4 is 11.1 Å². The Kier molecular flexibility index (Phi) is 4.00. The second kappa shape index (κ2) is 5.78. The van der Waals surface area contributed by atoms with E-state index >= 15 is 0 Å². The molecule has 1 aromatic carbocycles. The maximum Gasteiger partial charge on any atom is 0.242 e. The van der Waals surface area contributed by atoms with Gasteiger partial charge in [0.05, 0.1) is 0 Å². The molecule has 3 rings (SSSR count). The Morgan fingerprint density at radius 1 is 1.29 bits per heavy atom. The van der Waals surface area contributed by atoms with Crippen LogP contribution >= 0.6 is 0 Å². The molecule has 1 atom stereocenters. The molecule has 2 saturated carbocycles. The molecule has 0 heterocycles. The fourth-order valence-electron chi connectivity index (χ4n) is 2.98. The first-order valence-corrected chi connectivity index (χ1v) is 7.95. The Hall–Kier alpha value is -1.39. The van der Waals surface area contributed by atoms with Gasteiger partial charge in [-0.15, -0.1) is 0 Å². The van der Waals surface area contributed by atoms with Gasteiger partial charge in [-0.2, -0.15) is 0 Å². The molecule has 3 N–H and O–H groups in total. The van der Waals surface area contributed by atoms with E-state index in [1.807, 2.05) is 30.3 Å². The van der Waals surface area contributed by atoms with Crippen LogP contribution in [0.15, 0.2) is 30.3 Å². The van der Waals surface area contributed by atoms with Gasteiger partial charge in [0.1, 0.15) is 5.54 Å². The van der Waals surface area contributed by atoms with Crippen LogP contribution in [-0.4, -0.2) is 36.5 Å². The lowest BCUT2D eigenvalue weighted by Gasteiger charge is -2.34. The van der Waals surface area contributed by atoms with Crippen LogP contribution in [0.1, 0.15) is 37.7 Å². The summed E-state index contributed by atoms with van der Waals surface area (Å²) < 4.78 is 0. The normalized spacial score (nSPS) is 21.2. The van der Waals surface area contributed by atoms with E-state index in [4.69, 9.17) is 5.73 Å². The van der Waals surface area contributed by atoms with Crippen molar-refractivity contribution >= 4 is 5.91 Å². The molecule has 114 valence electrons. The minimum Gasteiger partial charge on any atom is -0.368 e. The SMILES string of the molecule is CN(CCC(NC1CC1)(C(N)=O)c1ccccc1)C1CC1. The molecule has 2 aliphatic carbocycles. The number of hydrogen-bond acceptors (Lipinski definition) is 3. The van der Waals surface area contributed by atoms with Gasteiger partial charge in [0.2, 0.25) is 5.91 Å². The number of hydrogen-bond donors (Lipinski definition) is 2. The van der Waals surface area contributed by atoms with Crippen molar-refractivity contribution in [2.75, 3.05) is 13.6 Å². The van der Waals surface area contributed by atoms with Crippen molar-refractivity contribution in [3.8, 4) is 0 Å². The lowest BCUT2D eigenvalue weighted by atomic mass is 9.85. The van der Waals surface area contributed by atoms with E-state index in [-0.39, 0.29) is 5.91 Å². The van der Waals surface area contributed by atoms with Crippen LogP contribution in [0, 0.1) is 0 Å². The predicted molar refractivity (Wildman–Crippen MR) is 83.7 cm³/mol. The smallest absolute Gasteiger partial charge is 0.242 e. The van der Waals surface area contributed by atoms with Gasteiger partial charge in [-0.1, -0.05) is 30.3 Å². The third-order valence-corrected chi connectivity index (χ3v) is 4.72. The number of nitrogens with two attached hydrogens (primary N) is 1. The quantitative estimate of drug-likeness (QED) is 0.763. The summed E-state index contributed by atoms with van der Waals surface area (Å²) in [7, 11) is 2.14. The summed E-state index contributed by atoms with van der Waals surface area (Å²) in [6, 6.07) is 11.1. The number of amides is 1. The first-order valence-electron chi connectivity index (χ1n) is 7.95. The van der Waals surface area contributed by atoms with Crippen molar-refractivity contribution in [3.63, 3.8) is 0 Å². The topological polar surface area (TPSA) is 58.4 Å². The Balaban J connectivity index is 1.81. The van der Waals surface area contributed by atoms with E-state index in [1.54, 1.807) is 0 Å². The van der Waals surface area contributed by atoms with Gasteiger partial charge in [-0.05, 0) is 44.7 Å². The maximum atomic E-state index is 12.3. The van der Waals surface area contributed by atoms with Gasteiger partial charge >= 0.3 is 0 Å². The van der Waals surface area contributed by atoms with Crippen molar-refractivity contribution in [2.24, 2.45) is 5.73 Å². The van der Waals surface area contributed by atoms with Gasteiger partial charge < -0.3 is 10.6 Å². The molecule has 1 unspecified atom stereocenters. The number of nitrogens with one attached hydrogen (secondary N) is 1. The lowest BCUT2D eigenvalue weighted by Crippen LogP contribution is -2.55. The van der Waals surface area contributed by atoms with Crippen molar-refractivity contribution in [1.82, 2.24) is 10.2 Å². The molecule has 1 amide bonds. The average Bonchev–Trinajstić information content (AvgIpc) is 3.38. The van der Waals surface area contributed by atoms with Gasteiger partial charge in [-0.3, -0.25) is 10.1 Å². The van der Waals surface area contributed by atoms with Crippen molar-refractivity contribution in [1.29, 1.82) is 0 Å². The van der Waals surface area contributed by atoms with Crippen LogP contribution in [-0.2, 0) is 10.3 Å². The highest BCUT2D eigenvalue weighted by atomic mass is 16.1. The highest BCUT2D eigenvalue weighted by Gasteiger charge is 2.43. The average molecular weight is 287 g/mol. The predicted octanol–water partition coefficient (Wildman–Crippen LogP) is 1.60. The Bertz CT molecular complexity index is 496. The van der Waals surface area contributed by atoms with Crippen LogP contribution in [0.25, 0.3) is 0 Å². The zero-order valence-electron chi connectivity index (χ0n) is 12.7. The third kappa shape index (κ3) is 3.27. The Morgan fingerprint density at radius 3 is 2.48 bits per heavy atom. The zero-order chi connectivity index (χ0) is 14.9. The molecule has 21 heavy (non-hydrogen) atoms. The summed E-state index contributed by atoms with van der Waals surface area (Å²) in [5, 5.41) is 3.53. The molecular formula is C17H25N3O. The fraction of sp³-hybridized carbons (Fsp3) is 0.588. The number of carbonyl (C=O) groups excluding carboxylic acids is 1. The summed E-state index contributed by atoms with van der Waals surface area (Å²) >= 11 is 0. The molecule has 0 spiro atoms. The van der Waals surface area contributed by atoms with E-state index in [9.17, 15) is 4.79 Å². The molecule has 4 heteroatoms. The van der Waals surface area contributed by atoms with E-state index in [0.29, 0.717) is 12.1 Å². The summed E-state index contributed by atoms with van der Waals surface area (Å²) in [6.45, 7) is 0.891. The molecule has 2 fully saturated rings. The number of rotatable bonds is 8. The van der Waals surface area contributed by atoms with Gasteiger partial charge in [0, 0.05) is 18.6 Å². The van der Waals surface area contributed by atoms with Gasteiger partial charge in [0.15, 0.2) is 0 Å². The minimum absolute atomic E-state index is 0.259. The number of primary amides is 1. The zero-order valence-corrected chi connectivity index (χ0v) is 12.7. The Labute approximate surface area is 126 Å². The summed E-state index contributed by atoms with van der Waals surface area (Å²) in [5.41, 5.74) is 6.10. The second-order valence-electron chi connectivity index (χ2n) is 6.52. The van der Waals surface area contributed by atoms with E-state index < -0.39 is 5.54 Å². The third-order valence-electron chi connectivity index (χ3n) is 4.72. The molecule has 0 saturated heterocycles. The number of benzene rings is 1. The first kappa shape index (κ1) is 14.5. The van der Waals surface area contributed by atoms with Crippen LogP contribution in [0.3, 0.4) is 0 Å². The second-order valence-corrected chi connectivity index (χ2v) is 6.52. The van der Waals surface area contributed by atoms with E-state index in [2.05, 4.69) is 17.3 Å².